The van der Waals surface area contributed by atoms with E-state index in [0.29, 0.717) is 35.5 Å². The summed E-state index contributed by atoms with van der Waals surface area (Å²) < 4.78 is 19.9. The molecule has 0 bridgehead atoms. The van der Waals surface area contributed by atoms with Gasteiger partial charge in [0.2, 0.25) is 11.8 Å². The third-order valence-electron chi connectivity index (χ3n) is 2.58. The van der Waals surface area contributed by atoms with Crippen LogP contribution in [0.25, 0.3) is 11.5 Å². The molecule has 6 nitrogen and oxygen atoms in total. The summed E-state index contributed by atoms with van der Waals surface area (Å²) in [5.74, 6) is 0.697. The lowest BCUT2D eigenvalue weighted by Gasteiger charge is -1.95. The summed E-state index contributed by atoms with van der Waals surface area (Å²) in [6.45, 7) is 0.304. The van der Waals surface area contributed by atoms with Crippen LogP contribution in [-0.2, 0) is 12.4 Å². The SMILES string of the molecule is Fc1ccc(-c2nnc(Cn3cc(CCl)nn3)o2)cc1. The van der Waals surface area contributed by atoms with Crippen LogP contribution in [0.2, 0.25) is 0 Å². The fourth-order valence-corrected chi connectivity index (χ4v) is 1.76. The molecule has 2 aromatic heterocycles. The first-order valence-electron chi connectivity index (χ1n) is 5.78. The molecule has 2 heterocycles. The predicted molar refractivity (Wildman–Crippen MR) is 68.4 cm³/mol. The normalized spacial score (nSPS) is 10.9. The standard InChI is InChI=1S/C12H9ClFN5O/c13-5-10-6-19(18-15-10)7-11-16-17-12(20-11)8-1-3-9(14)4-2-8/h1-4,6H,5,7H2. The van der Waals surface area contributed by atoms with Crippen molar-refractivity contribution in [3.8, 4) is 11.5 Å². The topological polar surface area (TPSA) is 69.6 Å². The van der Waals surface area contributed by atoms with E-state index in [2.05, 4.69) is 20.5 Å². The number of hydrogen-bond donors (Lipinski definition) is 0. The van der Waals surface area contributed by atoms with Gasteiger partial charge in [0.05, 0.1) is 17.8 Å². The molecule has 3 rings (SSSR count). The molecule has 20 heavy (non-hydrogen) atoms. The monoisotopic (exact) mass is 293 g/mol. The van der Waals surface area contributed by atoms with Crippen LogP contribution >= 0.6 is 11.6 Å². The van der Waals surface area contributed by atoms with Gasteiger partial charge in [-0.15, -0.1) is 26.9 Å². The predicted octanol–water partition coefficient (Wildman–Crippen LogP) is 2.25. The average molecular weight is 294 g/mol. The number of halogens is 2. The van der Waals surface area contributed by atoms with Crippen molar-refractivity contribution in [3.05, 3.63) is 47.9 Å². The lowest BCUT2D eigenvalue weighted by molar-refractivity contribution is 0.469. The quantitative estimate of drug-likeness (QED) is 0.690. The average Bonchev–Trinajstić information content (AvgIpc) is 3.09. The number of aromatic nitrogens is 5. The maximum absolute atomic E-state index is 12.8. The van der Waals surface area contributed by atoms with Crippen LogP contribution in [0.5, 0.6) is 0 Å². The van der Waals surface area contributed by atoms with Gasteiger partial charge in [0, 0.05) is 5.56 Å². The van der Waals surface area contributed by atoms with Gasteiger partial charge in [-0.1, -0.05) is 5.21 Å². The molecule has 0 aliphatic carbocycles. The van der Waals surface area contributed by atoms with Crippen molar-refractivity contribution in [1.29, 1.82) is 0 Å². The van der Waals surface area contributed by atoms with Gasteiger partial charge in [-0.25, -0.2) is 9.07 Å². The van der Waals surface area contributed by atoms with Crippen LogP contribution in [0, 0.1) is 5.82 Å². The Bertz CT molecular complexity index is 709. The van der Waals surface area contributed by atoms with Gasteiger partial charge in [0.1, 0.15) is 12.4 Å². The van der Waals surface area contributed by atoms with Crippen molar-refractivity contribution in [1.82, 2.24) is 25.2 Å². The number of nitrogens with zero attached hydrogens (tertiary/aromatic N) is 5. The van der Waals surface area contributed by atoms with Crippen LogP contribution < -0.4 is 0 Å². The fourth-order valence-electron chi connectivity index (χ4n) is 1.64. The Morgan fingerprint density at radius 3 is 2.65 bits per heavy atom. The summed E-state index contributed by atoms with van der Waals surface area (Å²) in [6, 6.07) is 5.83. The Morgan fingerprint density at radius 1 is 1.15 bits per heavy atom. The van der Waals surface area contributed by atoms with Gasteiger partial charge < -0.3 is 4.42 Å². The van der Waals surface area contributed by atoms with Crippen LogP contribution in [0.4, 0.5) is 4.39 Å². The highest BCUT2D eigenvalue weighted by Crippen LogP contribution is 2.18. The molecule has 0 saturated heterocycles. The number of hydrogen-bond acceptors (Lipinski definition) is 5. The Morgan fingerprint density at radius 2 is 1.95 bits per heavy atom. The van der Waals surface area contributed by atoms with Crippen molar-refractivity contribution < 1.29 is 8.81 Å². The van der Waals surface area contributed by atoms with Gasteiger partial charge in [0.15, 0.2) is 0 Å². The summed E-state index contributed by atoms with van der Waals surface area (Å²) in [6.07, 6.45) is 1.70. The van der Waals surface area contributed by atoms with E-state index in [0.717, 1.165) is 0 Å². The van der Waals surface area contributed by atoms with Crippen LogP contribution in [-0.4, -0.2) is 25.2 Å². The molecule has 3 aromatic rings. The minimum absolute atomic E-state index is 0.296. The van der Waals surface area contributed by atoms with Crippen LogP contribution in [0.3, 0.4) is 0 Å². The molecule has 0 amide bonds. The highest BCUT2D eigenvalue weighted by molar-refractivity contribution is 6.16. The number of benzene rings is 1. The Hall–Kier alpha value is -2.28. The lowest BCUT2D eigenvalue weighted by Crippen LogP contribution is -2.00. The van der Waals surface area contributed by atoms with Crippen molar-refractivity contribution in [2.24, 2.45) is 0 Å². The smallest absolute Gasteiger partial charge is 0.247 e. The Labute approximate surface area is 118 Å². The van der Waals surface area contributed by atoms with Gasteiger partial charge in [-0.2, -0.15) is 0 Å². The number of rotatable bonds is 4. The third-order valence-corrected chi connectivity index (χ3v) is 2.85. The van der Waals surface area contributed by atoms with Gasteiger partial charge >= 0.3 is 0 Å². The van der Waals surface area contributed by atoms with E-state index in [1.54, 1.807) is 23.0 Å². The third kappa shape index (κ3) is 2.67. The molecule has 0 spiro atoms. The molecule has 0 aliphatic rings. The zero-order chi connectivity index (χ0) is 13.9. The first-order valence-corrected chi connectivity index (χ1v) is 6.31. The molecular formula is C12H9ClFN5O. The highest BCUT2D eigenvalue weighted by atomic mass is 35.5. The molecule has 1 aromatic carbocycles. The van der Waals surface area contributed by atoms with Gasteiger partial charge in [-0.05, 0) is 24.3 Å². The van der Waals surface area contributed by atoms with E-state index in [-0.39, 0.29) is 5.82 Å². The van der Waals surface area contributed by atoms with E-state index in [9.17, 15) is 4.39 Å². The van der Waals surface area contributed by atoms with E-state index in [1.165, 1.54) is 12.1 Å². The van der Waals surface area contributed by atoms with Crippen molar-refractivity contribution in [2.45, 2.75) is 12.4 Å². The molecule has 8 heteroatoms. The molecule has 0 saturated carbocycles. The second-order valence-corrected chi connectivity index (χ2v) is 4.32. The largest absolute Gasteiger partial charge is 0.419 e. The Balaban J connectivity index is 1.78. The minimum Gasteiger partial charge on any atom is -0.419 e. The molecule has 0 N–H and O–H groups in total. The lowest BCUT2D eigenvalue weighted by atomic mass is 10.2. The molecule has 0 aliphatic heterocycles. The van der Waals surface area contributed by atoms with Crippen molar-refractivity contribution >= 4 is 11.6 Å². The summed E-state index contributed by atoms with van der Waals surface area (Å²) in [7, 11) is 0. The van der Waals surface area contributed by atoms with Crippen LogP contribution in [0.15, 0.2) is 34.9 Å². The molecule has 0 fully saturated rings. The van der Waals surface area contributed by atoms with E-state index < -0.39 is 0 Å². The van der Waals surface area contributed by atoms with Gasteiger partial charge in [0.25, 0.3) is 0 Å². The minimum atomic E-state index is -0.315. The summed E-state index contributed by atoms with van der Waals surface area (Å²) in [5.41, 5.74) is 1.33. The van der Waals surface area contributed by atoms with E-state index in [1.807, 2.05) is 0 Å². The van der Waals surface area contributed by atoms with Crippen molar-refractivity contribution in [3.63, 3.8) is 0 Å². The van der Waals surface area contributed by atoms with E-state index in [4.69, 9.17) is 16.0 Å². The maximum Gasteiger partial charge on any atom is 0.247 e. The first kappa shape index (κ1) is 12.7. The number of alkyl halides is 1. The Kier molecular flexibility index (Phi) is 3.42. The van der Waals surface area contributed by atoms with Crippen LogP contribution in [0.1, 0.15) is 11.6 Å². The highest BCUT2D eigenvalue weighted by Gasteiger charge is 2.10. The van der Waals surface area contributed by atoms with Gasteiger partial charge in [-0.3, -0.25) is 0 Å². The summed E-state index contributed by atoms with van der Waals surface area (Å²) >= 11 is 5.64. The maximum atomic E-state index is 12.8. The summed E-state index contributed by atoms with van der Waals surface area (Å²) in [4.78, 5) is 0. The fraction of sp³-hybridized carbons (Fsp3) is 0.167. The van der Waals surface area contributed by atoms with Crippen molar-refractivity contribution in [2.75, 3.05) is 0 Å². The first-order chi connectivity index (χ1) is 9.74. The zero-order valence-electron chi connectivity index (χ0n) is 10.2. The zero-order valence-corrected chi connectivity index (χ0v) is 11.0. The molecule has 102 valence electrons. The molecule has 0 unspecified atom stereocenters. The second-order valence-electron chi connectivity index (χ2n) is 4.05. The molecular weight excluding hydrogens is 285 g/mol. The molecule has 0 radical (unpaired) electrons. The molecule has 0 atom stereocenters. The second kappa shape index (κ2) is 5.38. The summed E-state index contributed by atoms with van der Waals surface area (Å²) in [5, 5.41) is 15.6. The van der Waals surface area contributed by atoms with E-state index >= 15 is 0 Å².